The number of nitrogens with zero attached hydrogens (tertiary/aromatic N) is 1. The minimum atomic E-state index is -4.85. The summed E-state index contributed by atoms with van der Waals surface area (Å²) in [6.07, 6.45) is -0.510. The minimum absolute atomic E-state index is 0.173. The summed E-state index contributed by atoms with van der Waals surface area (Å²) in [5, 5.41) is 15.5. The number of nitrogens with one attached hydrogen (secondary N) is 2. The lowest BCUT2D eigenvalue weighted by atomic mass is 10.0. The second-order valence-electron chi connectivity index (χ2n) is 8.51. The Hall–Kier alpha value is -4.35. The Morgan fingerprint density at radius 3 is 2.50 bits per heavy atom. The smallest absolute Gasteiger partial charge is 0.491 e. The van der Waals surface area contributed by atoms with E-state index in [1.807, 2.05) is 6.07 Å². The first-order valence-electron chi connectivity index (χ1n) is 11.6. The summed E-state index contributed by atoms with van der Waals surface area (Å²) in [6.45, 7) is 0.510. The van der Waals surface area contributed by atoms with Crippen molar-refractivity contribution in [3.63, 3.8) is 0 Å². The number of halogens is 4. The normalized spacial score (nSPS) is 16.2. The molecule has 1 amide bonds. The Labute approximate surface area is 214 Å². The highest BCUT2D eigenvalue weighted by Crippen LogP contribution is 2.31. The summed E-state index contributed by atoms with van der Waals surface area (Å²) in [5.41, 5.74) is 1.79. The van der Waals surface area contributed by atoms with Crippen LogP contribution < -0.4 is 20.1 Å². The SMILES string of the molecule is Fc1ccccc1OC(F)(F)F.O=C(NC1CCOc2cccnc21)c1ccc(C(=O)O)c(NC2CC2)c1. The fourth-order valence-corrected chi connectivity index (χ4v) is 3.68. The van der Waals surface area contributed by atoms with Crippen LogP contribution in [0.15, 0.2) is 60.8 Å². The summed E-state index contributed by atoms with van der Waals surface area (Å²) >= 11 is 0. The van der Waals surface area contributed by atoms with Gasteiger partial charge in [-0.2, -0.15) is 0 Å². The number of rotatable bonds is 6. The Balaban J connectivity index is 0.000000236. The first kappa shape index (κ1) is 26.7. The van der Waals surface area contributed by atoms with Crippen LogP contribution in [-0.4, -0.2) is 41.0 Å². The zero-order valence-electron chi connectivity index (χ0n) is 19.8. The molecule has 2 aromatic carbocycles. The quantitative estimate of drug-likeness (QED) is 0.368. The molecule has 1 unspecified atom stereocenters. The van der Waals surface area contributed by atoms with E-state index in [0.717, 1.165) is 25.0 Å². The molecule has 0 radical (unpaired) electrons. The Morgan fingerprint density at radius 1 is 1.05 bits per heavy atom. The molecule has 38 heavy (non-hydrogen) atoms. The molecule has 200 valence electrons. The van der Waals surface area contributed by atoms with Crippen LogP contribution in [0.25, 0.3) is 0 Å². The fraction of sp³-hybridized carbons (Fsp3) is 0.269. The van der Waals surface area contributed by atoms with E-state index in [2.05, 4.69) is 20.4 Å². The van der Waals surface area contributed by atoms with Gasteiger partial charge in [0.05, 0.1) is 18.2 Å². The number of carboxylic acids is 1. The molecule has 8 nitrogen and oxygen atoms in total. The zero-order valence-corrected chi connectivity index (χ0v) is 19.8. The first-order valence-corrected chi connectivity index (χ1v) is 11.6. The molecule has 2 heterocycles. The van der Waals surface area contributed by atoms with Crippen LogP contribution in [0, 0.1) is 5.82 Å². The molecule has 0 bridgehead atoms. The van der Waals surface area contributed by atoms with Crippen LogP contribution in [0.1, 0.15) is 51.7 Å². The third-order valence-corrected chi connectivity index (χ3v) is 5.61. The summed E-state index contributed by atoms with van der Waals surface area (Å²) in [7, 11) is 0. The van der Waals surface area contributed by atoms with Crippen molar-refractivity contribution >= 4 is 17.6 Å². The average molecular weight is 533 g/mol. The third kappa shape index (κ3) is 7.11. The molecule has 1 aliphatic carbocycles. The van der Waals surface area contributed by atoms with Crippen LogP contribution in [0.5, 0.6) is 11.5 Å². The van der Waals surface area contributed by atoms with Crippen molar-refractivity contribution in [1.29, 1.82) is 0 Å². The highest BCUT2D eigenvalue weighted by Gasteiger charge is 2.32. The molecule has 1 saturated carbocycles. The van der Waals surface area contributed by atoms with Gasteiger partial charge < -0.3 is 25.2 Å². The van der Waals surface area contributed by atoms with Crippen molar-refractivity contribution in [2.75, 3.05) is 11.9 Å². The van der Waals surface area contributed by atoms with Crippen molar-refractivity contribution in [2.45, 2.75) is 37.7 Å². The van der Waals surface area contributed by atoms with Crippen LogP contribution in [-0.2, 0) is 0 Å². The topological polar surface area (TPSA) is 110 Å². The summed E-state index contributed by atoms with van der Waals surface area (Å²) < 4.78 is 56.0. The van der Waals surface area contributed by atoms with Crippen molar-refractivity contribution in [1.82, 2.24) is 10.3 Å². The molecule has 3 N–H and O–H groups in total. The lowest BCUT2D eigenvalue weighted by Gasteiger charge is -2.25. The van der Waals surface area contributed by atoms with E-state index in [1.165, 1.54) is 24.3 Å². The third-order valence-electron chi connectivity index (χ3n) is 5.61. The zero-order chi connectivity index (χ0) is 27.3. The van der Waals surface area contributed by atoms with Crippen molar-refractivity contribution in [3.05, 3.63) is 83.4 Å². The standard InChI is InChI=1S/C19H19N3O4.C7H4F4O/c23-18(22-14-7-9-26-16-2-1-8-20-17(14)16)11-3-6-13(19(24)25)15(10-11)21-12-4-5-12;8-5-3-1-2-4-6(5)12-7(9,10)11/h1-3,6,8,10,12,14,21H,4-5,7,9H2,(H,22,23)(H,24,25);1-4H. The number of alkyl halides is 3. The molecule has 1 atom stereocenters. The van der Waals surface area contributed by atoms with Gasteiger partial charge in [-0.3, -0.25) is 9.78 Å². The Kier molecular flexibility index (Phi) is 7.99. The highest BCUT2D eigenvalue weighted by molar-refractivity contribution is 6.00. The van der Waals surface area contributed by atoms with Crippen molar-refractivity contribution in [2.24, 2.45) is 0 Å². The molecular weight excluding hydrogens is 510 g/mol. The maximum absolute atomic E-state index is 12.7. The number of carboxylic acid groups (broad SMARTS) is 1. The number of amides is 1. The molecular formula is C26H23F4N3O5. The molecule has 1 aliphatic heterocycles. The molecule has 0 spiro atoms. The molecule has 2 aliphatic rings. The number of carbonyl (C=O) groups is 2. The van der Waals surface area contributed by atoms with Gasteiger partial charge in [0.25, 0.3) is 5.91 Å². The second-order valence-corrected chi connectivity index (χ2v) is 8.51. The first-order chi connectivity index (χ1) is 18.1. The number of benzene rings is 2. The van der Waals surface area contributed by atoms with Crippen LogP contribution in [0.2, 0.25) is 0 Å². The van der Waals surface area contributed by atoms with Gasteiger partial charge in [0.15, 0.2) is 11.6 Å². The van der Waals surface area contributed by atoms with Gasteiger partial charge in [0, 0.05) is 29.9 Å². The molecule has 1 fully saturated rings. The minimum Gasteiger partial charge on any atom is -0.491 e. The summed E-state index contributed by atoms with van der Waals surface area (Å²) in [4.78, 5) is 28.4. The monoisotopic (exact) mass is 533 g/mol. The number of fused-ring (bicyclic) bond motifs is 1. The largest absolute Gasteiger partial charge is 0.573 e. The van der Waals surface area contributed by atoms with E-state index < -0.39 is 23.9 Å². The maximum atomic E-state index is 12.7. The van der Waals surface area contributed by atoms with E-state index in [-0.39, 0.29) is 23.6 Å². The Bertz CT molecular complexity index is 1310. The number of aromatic carboxylic acids is 1. The molecule has 0 saturated heterocycles. The predicted octanol–water partition coefficient (Wildman–Crippen LogP) is 5.33. The number of aromatic nitrogens is 1. The lowest BCUT2D eigenvalue weighted by molar-refractivity contribution is -0.275. The predicted molar refractivity (Wildman–Crippen MR) is 128 cm³/mol. The molecule has 5 rings (SSSR count). The van der Waals surface area contributed by atoms with Crippen molar-refractivity contribution < 1.29 is 41.7 Å². The van der Waals surface area contributed by atoms with Gasteiger partial charge in [0.1, 0.15) is 11.4 Å². The number of ether oxygens (including phenoxy) is 2. The van der Waals surface area contributed by atoms with Gasteiger partial charge in [-0.15, -0.1) is 13.2 Å². The summed E-state index contributed by atoms with van der Waals surface area (Å²) in [5.74, 6) is -2.44. The van der Waals surface area contributed by atoms with E-state index in [4.69, 9.17) is 4.74 Å². The second kappa shape index (κ2) is 11.4. The van der Waals surface area contributed by atoms with Gasteiger partial charge in [-0.05, 0) is 55.3 Å². The van der Waals surface area contributed by atoms with E-state index >= 15 is 0 Å². The number of hydrogen-bond acceptors (Lipinski definition) is 6. The number of hydrogen-bond donors (Lipinski definition) is 3. The number of pyridine rings is 1. The molecule has 1 aromatic heterocycles. The number of para-hydroxylation sites is 1. The van der Waals surface area contributed by atoms with Crippen LogP contribution in [0.3, 0.4) is 0 Å². The highest BCUT2D eigenvalue weighted by atomic mass is 19.4. The van der Waals surface area contributed by atoms with E-state index in [0.29, 0.717) is 35.7 Å². The van der Waals surface area contributed by atoms with E-state index in [1.54, 1.807) is 18.3 Å². The number of carbonyl (C=O) groups excluding carboxylic acids is 1. The van der Waals surface area contributed by atoms with Crippen LogP contribution in [0.4, 0.5) is 23.2 Å². The van der Waals surface area contributed by atoms with Crippen molar-refractivity contribution in [3.8, 4) is 11.5 Å². The van der Waals surface area contributed by atoms with Gasteiger partial charge in [0.2, 0.25) is 0 Å². The van der Waals surface area contributed by atoms with Gasteiger partial charge in [-0.25, -0.2) is 9.18 Å². The van der Waals surface area contributed by atoms with Crippen LogP contribution >= 0.6 is 0 Å². The van der Waals surface area contributed by atoms with E-state index in [9.17, 15) is 32.3 Å². The number of anilines is 1. The van der Waals surface area contributed by atoms with Gasteiger partial charge >= 0.3 is 12.3 Å². The molecule has 12 heteroatoms. The average Bonchev–Trinajstić information content (AvgIpc) is 3.69. The summed E-state index contributed by atoms with van der Waals surface area (Å²) in [6, 6.07) is 12.6. The molecule has 3 aromatic rings. The fourth-order valence-electron chi connectivity index (χ4n) is 3.68. The van der Waals surface area contributed by atoms with Gasteiger partial charge in [-0.1, -0.05) is 12.1 Å². The maximum Gasteiger partial charge on any atom is 0.573 e. The Morgan fingerprint density at radius 2 is 1.82 bits per heavy atom. The lowest BCUT2D eigenvalue weighted by Crippen LogP contribution is -2.33.